The summed E-state index contributed by atoms with van der Waals surface area (Å²) in [5.41, 5.74) is 3.03. The molecule has 0 fully saturated rings. The predicted octanol–water partition coefficient (Wildman–Crippen LogP) is 3.04. The zero-order chi connectivity index (χ0) is 24.6. The SMILES string of the molecule is CCc1ccccc1O.CCc1ccccc1O.CCc1ccccc1O.O=P([O-])([O-])[O-]. The van der Waals surface area contributed by atoms with Crippen molar-refractivity contribution in [2.45, 2.75) is 40.0 Å². The third-order valence-electron chi connectivity index (χ3n) is 4.12. The fraction of sp³-hybridized carbons (Fsp3) is 0.250. The van der Waals surface area contributed by atoms with Gasteiger partial charge in [-0.3, -0.25) is 0 Å². The minimum Gasteiger partial charge on any atom is -0.822 e. The van der Waals surface area contributed by atoms with Gasteiger partial charge in [-0.25, -0.2) is 0 Å². The highest BCUT2D eigenvalue weighted by atomic mass is 31.2. The molecular formula is C24H30O7P-3. The number of aryl methyl sites for hydroxylation is 3. The number of benzene rings is 3. The van der Waals surface area contributed by atoms with Crippen molar-refractivity contribution in [1.82, 2.24) is 0 Å². The number of phenolic OH excluding ortho intramolecular Hbond substituents is 3. The van der Waals surface area contributed by atoms with Crippen molar-refractivity contribution in [3.05, 3.63) is 89.5 Å². The second-order valence-corrected chi connectivity index (χ2v) is 7.29. The van der Waals surface area contributed by atoms with Crippen LogP contribution >= 0.6 is 7.82 Å². The molecule has 0 aromatic heterocycles. The molecule has 0 bridgehead atoms. The van der Waals surface area contributed by atoms with Crippen LogP contribution < -0.4 is 14.7 Å². The Hall–Kier alpha value is -2.83. The summed E-state index contributed by atoms with van der Waals surface area (Å²) < 4.78 is 8.55. The van der Waals surface area contributed by atoms with Gasteiger partial charge >= 0.3 is 0 Å². The van der Waals surface area contributed by atoms with E-state index in [1.807, 2.05) is 75.4 Å². The Morgan fingerprint density at radius 2 is 0.750 bits per heavy atom. The highest BCUT2D eigenvalue weighted by Crippen LogP contribution is 2.16. The molecule has 176 valence electrons. The molecule has 0 unspecified atom stereocenters. The van der Waals surface area contributed by atoms with Crippen LogP contribution in [0.4, 0.5) is 0 Å². The molecule has 0 atom stereocenters. The summed E-state index contributed by atoms with van der Waals surface area (Å²) in [4.78, 5) is 25.6. The number of aromatic hydroxyl groups is 3. The lowest BCUT2D eigenvalue weighted by Crippen LogP contribution is -2.24. The van der Waals surface area contributed by atoms with Gasteiger partial charge in [0.2, 0.25) is 0 Å². The summed E-state index contributed by atoms with van der Waals surface area (Å²) in [6, 6.07) is 22.2. The van der Waals surface area contributed by atoms with Crippen LogP contribution in [-0.4, -0.2) is 15.3 Å². The molecule has 32 heavy (non-hydrogen) atoms. The number of hydrogen-bond acceptors (Lipinski definition) is 7. The monoisotopic (exact) mass is 461 g/mol. The van der Waals surface area contributed by atoms with Crippen LogP contribution in [0.25, 0.3) is 0 Å². The molecule has 3 rings (SSSR count). The Bertz CT molecular complexity index is 838. The van der Waals surface area contributed by atoms with E-state index < -0.39 is 7.82 Å². The molecule has 0 amide bonds. The van der Waals surface area contributed by atoms with Crippen LogP contribution in [0.1, 0.15) is 37.5 Å². The Kier molecular flexibility index (Phi) is 14.5. The van der Waals surface area contributed by atoms with Gasteiger partial charge in [0.05, 0.1) is 0 Å². The summed E-state index contributed by atoms with van der Waals surface area (Å²) in [5, 5.41) is 27.3. The second-order valence-electron chi connectivity index (χ2n) is 6.39. The first-order valence-electron chi connectivity index (χ1n) is 10.1. The zero-order valence-corrected chi connectivity index (χ0v) is 19.4. The predicted molar refractivity (Wildman–Crippen MR) is 120 cm³/mol. The van der Waals surface area contributed by atoms with Gasteiger partial charge < -0.3 is 34.6 Å². The topological polar surface area (TPSA) is 147 Å². The third kappa shape index (κ3) is 14.2. The second kappa shape index (κ2) is 15.9. The first kappa shape index (κ1) is 29.2. The highest BCUT2D eigenvalue weighted by Gasteiger charge is 1.94. The molecular weight excluding hydrogens is 431 g/mol. The van der Waals surface area contributed by atoms with Gasteiger partial charge in [-0.05, 0) is 54.2 Å². The molecule has 3 aromatic carbocycles. The number of phosphoric acid groups is 1. The highest BCUT2D eigenvalue weighted by molar-refractivity contribution is 7.40. The summed E-state index contributed by atoms with van der Waals surface area (Å²) in [6.07, 6.45) is 2.69. The van der Waals surface area contributed by atoms with E-state index in [1.54, 1.807) is 18.2 Å². The maximum absolute atomic E-state index is 9.11. The molecule has 0 aliphatic rings. The minimum absolute atomic E-state index is 0.403. The normalized spacial score (nSPS) is 9.81. The average molecular weight is 461 g/mol. The largest absolute Gasteiger partial charge is 0.822 e. The molecule has 0 spiro atoms. The van der Waals surface area contributed by atoms with Gasteiger partial charge in [0.15, 0.2) is 0 Å². The van der Waals surface area contributed by atoms with Crippen LogP contribution in [0, 0.1) is 0 Å². The molecule has 8 heteroatoms. The summed E-state index contributed by atoms with van der Waals surface area (Å²) in [7, 11) is -5.39. The Morgan fingerprint density at radius 3 is 0.875 bits per heavy atom. The van der Waals surface area contributed by atoms with Crippen molar-refractivity contribution < 1.29 is 34.6 Å². The molecule has 0 aliphatic heterocycles. The quantitative estimate of drug-likeness (QED) is 0.508. The Labute approximate surface area is 189 Å². The van der Waals surface area contributed by atoms with Crippen molar-refractivity contribution in [2.24, 2.45) is 0 Å². The van der Waals surface area contributed by atoms with Gasteiger partial charge in [0, 0.05) is 0 Å². The van der Waals surface area contributed by atoms with Crippen molar-refractivity contribution in [1.29, 1.82) is 0 Å². The molecule has 3 N–H and O–H groups in total. The maximum Gasteiger partial charge on any atom is 0.118 e. The van der Waals surface area contributed by atoms with E-state index in [0.29, 0.717) is 17.2 Å². The van der Waals surface area contributed by atoms with Gasteiger partial charge in [-0.15, -0.1) is 0 Å². The number of hydrogen-bond donors (Lipinski definition) is 3. The molecule has 0 aliphatic carbocycles. The van der Waals surface area contributed by atoms with Crippen LogP contribution in [0.5, 0.6) is 17.2 Å². The van der Waals surface area contributed by atoms with Crippen LogP contribution in [0.2, 0.25) is 0 Å². The van der Waals surface area contributed by atoms with Gasteiger partial charge in [0.1, 0.15) is 17.2 Å². The van der Waals surface area contributed by atoms with Gasteiger partial charge in [-0.1, -0.05) is 75.4 Å². The first-order chi connectivity index (χ1) is 15.0. The zero-order valence-electron chi connectivity index (χ0n) is 18.5. The van der Waals surface area contributed by atoms with Crippen LogP contribution in [0.15, 0.2) is 72.8 Å². The van der Waals surface area contributed by atoms with Crippen LogP contribution in [-0.2, 0) is 23.8 Å². The smallest absolute Gasteiger partial charge is 0.118 e. The van der Waals surface area contributed by atoms with Crippen molar-refractivity contribution in [3.8, 4) is 17.2 Å². The summed E-state index contributed by atoms with van der Waals surface area (Å²) in [6.45, 7) is 6.07. The Balaban J connectivity index is 0.000000410. The lowest BCUT2D eigenvalue weighted by molar-refractivity contribution is -0.432. The first-order valence-corrected chi connectivity index (χ1v) is 11.5. The minimum atomic E-state index is -5.39. The molecule has 0 saturated carbocycles. The van der Waals surface area contributed by atoms with E-state index in [0.717, 1.165) is 36.0 Å². The lowest BCUT2D eigenvalue weighted by Gasteiger charge is -2.36. The van der Waals surface area contributed by atoms with E-state index in [-0.39, 0.29) is 0 Å². The maximum atomic E-state index is 9.11. The summed E-state index contributed by atoms with van der Waals surface area (Å²) >= 11 is 0. The van der Waals surface area contributed by atoms with E-state index in [9.17, 15) is 0 Å². The van der Waals surface area contributed by atoms with E-state index >= 15 is 0 Å². The fourth-order valence-electron chi connectivity index (χ4n) is 2.43. The van der Waals surface area contributed by atoms with Crippen molar-refractivity contribution in [3.63, 3.8) is 0 Å². The number of rotatable bonds is 3. The molecule has 0 saturated heterocycles. The lowest BCUT2D eigenvalue weighted by atomic mass is 10.1. The number of para-hydroxylation sites is 3. The van der Waals surface area contributed by atoms with Crippen LogP contribution in [0.3, 0.4) is 0 Å². The molecule has 3 aromatic rings. The molecule has 0 radical (unpaired) electrons. The van der Waals surface area contributed by atoms with Gasteiger partial charge in [0.25, 0.3) is 0 Å². The van der Waals surface area contributed by atoms with E-state index in [4.69, 9.17) is 34.6 Å². The van der Waals surface area contributed by atoms with Crippen molar-refractivity contribution in [2.75, 3.05) is 0 Å². The standard InChI is InChI=1S/3C8H10O.H3O4P/c3*1-2-7-5-3-4-6-8(7)9;1-5(2,3)4/h3*3-6,9H,2H2,1H3;(H3,1,2,3,4)/p-3. The Morgan fingerprint density at radius 1 is 0.562 bits per heavy atom. The number of phenols is 3. The molecule has 0 heterocycles. The van der Waals surface area contributed by atoms with E-state index in [2.05, 4.69) is 0 Å². The van der Waals surface area contributed by atoms with Gasteiger partial charge in [-0.2, -0.15) is 7.82 Å². The summed E-state index contributed by atoms with van der Waals surface area (Å²) in [5.74, 6) is 1.21. The molecule has 7 nitrogen and oxygen atoms in total. The average Bonchev–Trinajstić information content (AvgIpc) is 2.75. The van der Waals surface area contributed by atoms with E-state index in [1.165, 1.54) is 0 Å². The fourth-order valence-corrected chi connectivity index (χ4v) is 2.43. The third-order valence-corrected chi connectivity index (χ3v) is 4.12. The van der Waals surface area contributed by atoms with Crippen molar-refractivity contribution >= 4 is 7.82 Å².